The number of pyridine rings is 1. The number of nitrogens with one attached hydrogen (secondary N) is 2. The van der Waals surface area contributed by atoms with E-state index in [9.17, 15) is 10.1 Å². The molecule has 110 valence electrons. The third-order valence-electron chi connectivity index (χ3n) is 3.03. The van der Waals surface area contributed by atoms with Crippen LogP contribution in [0.2, 0.25) is 0 Å². The average molecular weight is 351 g/mol. The number of rotatable bonds is 4. The van der Waals surface area contributed by atoms with Gasteiger partial charge in [0.1, 0.15) is 5.82 Å². The summed E-state index contributed by atoms with van der Waals surface area (Å²) < 4.78 is 1.03. The van der Waals surface area contributed by atoms with E-state index in [1.807, 2.05) is 26.0 Å². The van der Waals surface area contributed by atoms with Crippen LogP contribution in [0.1, 0.15) is 11.1 Å². The quantitative estimate of drug-likeness (QED) is 0.639. The van der Waals surface area contributed by atoms with Crippen LogP contribution in [0.4, 0.5) is 23.0 Å². The van der Waals surface area contributed by atoms with Gasteiger partial charge in [-0.05, 0) is 43.2 Å². The number of halogens is 1. The molecule has 0 bridgehead atoms. The summed E-state index contributed by atoms with van der Waals surface area (Å²) in [5, 5.41) is 17.0. The number of nitro groups is 1. The minimum atomic E-state index is -0.451. The molecule has 0 unspecified atom stereocenters. The van der Waals surface area contributed by atoms with E-state index >= 15 is 0 Å². The molecule has 2 rings (SSSR count). The predicted octanol–water partition coefficient (Wildman–Crippen LogP) is 4.15. The first kappa shape index (κ1) is 15.2. The van der Waals surface area contributed by atoms with Gasteiger partial charge in [0.25, 0.3) is 0 Å². The van der Waals surface area contributed by atoms with Gasteiger partial charge in [0, 0.05) is 23.3 Å². The molecule has 0 aliphatic carbocycles. The Morgan fingerprint density at radius 3 is 2.38 bits per heavy atom. The molecule has 2 N–H and O–H groups in total. The Bertz CT molecular complexity index is 680. The number of hydrogen-bond donors (Lipinski definition) is 2. The Morgan fingerprint density at radius 2 is 1.86 bits per heavy atom. The molecule has 0 aliphatic heterocycles. The molecule has 21 heavy (non-hydrogen) atoms. The number of anilines is 3. The first-order valence-corrected chi connectivity index (χ1v) is 7.08. The molecule has 0 saturated carbocycles. The zero-order chi connectivity index (χ0) is 15.6. The van der Waals surface area contributed by atoms with Gasteiger partial charge in [-0.15, -0.1) is 0 Å². The van der Waals surface area contributed by atoms with Gasteiger partial charge < -0.3 is 10.6 Å². The fraction of sp³-hybridized carbons (Fsp3) is 0.214. The summed E-state index contributed by atoms with van der Waals surface area (Å²) >= 11 is 3.50. The second-order valence-electron chi connectivity index (χ2n) is 4.62. The molecule has 1 aromatic heterocycles. The van der Waals surface area contributed by atoms with Crippen LogP contribution in [0, 0.1) is 24.0 Å². The molecule has 0 atom stereocenters. The summed E-state index contributed by atoms with van der Waals surface area (Å²) in [6, 6.07) is 6.82. The van der Waals surface area contributed by atoms with Crippen molar-refractivity contribution in [3.8, 4) is 0 Å². The number of benzene rings is 1. The molecular formula is C14H15BrN4O2. The summed E-state index contributed by atoms with van der Waals surface area (Å²) in [5.41, 5.74) is 2.79. The van der Waals surface area contributed by atoms with Crippen molar-refractivity contribution in [2.45, 2.75) is 13.8 Å². The van der Waals surface area contributed by atoms with E-state index in [1.54, 1.807) is 13.1 Å². The minimum Gasteiger partial charge on any atom is -0.373 e. The second-order valence-corrected chi connectivity index (χ2v) is 5.41. The molecule has 0 fully saturated rings. The molecule has 1 aromatic carbocycles. The lowest BCUT2D eigenvalue weighted by Crippen LogP contribution is -2.02. The lowest BCUT2D eigenvalue weighted by Gasteiger charge is -2.11. The van der Waals surface area contributed by atoms with E-state index in [-0.39, 0.29) is 11.5 Å². The van der Waals surface area contributed by atoms with Gasteiger partial charge in [-0.3, -0.25) is 10.1 Å². The highest BCUT2D eigenvalue weighted by atomic mass is 79.9. The maximum atomic E-state index is 11.1. The van der Waals surface area contributed by atoms with Gasteiger partial charge in [-0.2, -0.15) is 0 Å². The van der Waals surface area contributed by atoms with Gasteiger partial charge >= 0.3 is 5.69 Å². The Labute approximate surface area is 130 Å². The topological polar surface area (TPSA) is 80.1 Å². The maximum Gasteiger partial charge on any atom is 0.311 e. The molecule has 0 saturated heterocycles. The van der Waals surface area contributed by atoms with E-state index in [0.29, 0.717) is 5.82 Å². The number of hydrogen-bond acceptors (Lipinski definition) is 5. The summed E-state index contributed by atoms with van der Waals surface area (Å²) in [6.07, 6.45) is 0. The first-order chi connectivity index (χ1) is 9.92. The fourth-order valence-electron chi connectivity index (χ4n) is 1.99. The van der Waals surface area contributed by atoms with Crippen LogP contribution in [-0.2, 0) is 0 Å². The van der Waals surface area contributed by atoms with Crippen molar-refractivity contribution in [1.29, 1.82) is 0 Å². The van der Waals surface area contributed by atoms with E-state index in [2.05, 4.69) is 31.5 Å². The monoisotopic (exact) mass is 350 g/mol. The van der Waals surface area contributed by atoms with Crippen molar-refractivity contribution in [2.24, 2.45) is 0 Å². The lowest BCUT2D eigenvalue weighted by atomic mass is 10.1. The van der Waals surface area contributed by atoms with Gasteiger partial charge in [0.05, 0.1) is 4.92 Å². The summed E-state index contributed by atoms with van der Waals surface area (Å²) in [6.45, 7) is 3.93. The Morgan fingerprint density at radius 1 is 1.24 bits per heavy atom. The number of nitrogens with zero attached hydrogens (tertiary/aromatic N) is 2. The number of aromatic nitrogens is 1. The summed E-state index contributed by atoms with van der Waals surface area (Å²) in [5.74, 6) is 0.779. The van der Waals surface area contributed by atoms with Crippen LogP contribution in [0.3, 0.4) is 0 Å². The average Bonchev–Trinajstić information content (AvgIpc) is 2.44. The van der Waals surface area contributed by atoms with Gasteiger partial charge in [-0.1, -0.05) is 15.9 Å². The SMILES string of the molecule is CNc1ccc([N+](=O)[O-])c(Nc2cc(C)c(Br)c(C)c2)n1. The smallest absolute Gasteiger partial charge is 0.311 e. The van der Waals surface area contributed by atoms with Crippen LogP contribution in [0.15, 0.2) is 28.7 Å². The Balaban J connectivity index is 2.45. The molecule has 1 heterocycles. The Hall–Kier alpha value is -2.15. The van der Waals surface area contributed by atoms with E-state index in [4.69, 9.17) is 0 Å². The van der Waals surface area contributed by atoms with Crippen LogP contribution in [0.5, 0.6) is 0 Å². The first-order valence-electron chi connectivity index (χ1n) is 6.29. The van der Waals surface area contributed by atoms with Crippen molar-refractivity contribution in [1.82, 2.24) is 4.98 Å². The lowest BCUT2D eigenvalue weighted by molar-refractivity contribution is -0.384. The molecule has 6 nitrogen and oxygen atoms in total. The fourth-order valence-corrected chi connectivity index (χ4v) is 2.21. The third-order valence-corrected chi connectivity index (χ3v) is 4.28. The normalized spacial score (nSPS) is 10.3. The van der Waals surface area contributed by atoms with Crippen LogP contribution in [-0.4, -0.2) is 17.0 Å². The van der Waals surface area contributed by atoms with Gasteiger partial charge in [-0.25, -0.2) is 4.98 Å². The third kappa shape index (κ3) is 3.30. The molecule has 0 radical (unpaired) electrons. The zero-order valence-corrected chi connectivity index (χ0v) is 13.5. The van der Waals surface area contributed by atoms with Crippen molar-refractivity contribution in [3.05, 3.63) is 50.0 Å². The van der Waals surface area contributed by atoms with E-state index in [1.165, 1.54) is 6.07 Å². The standard InChI is InChI=1S/C14H15BrN4O2/c1-8-6-10(7-9(2)13(8)15)17-14-11(19(20)21)4-5-12(16-3)18-14/h4-7H,1-3H3,(H2,16,17,18). The maximum absolute atomic E-state index is 11.1. The molecule has 0 spiro atoms. The van der Waals surface area contributed by atoms with Crippen LogP contribution in [0.25, 0.3) is 0 Å². The molecule has 7 heteroatoms. The van der Waals surface area contributed by atoms with Crippen molar-refractivity contribution >= 4 is 38.9 Å². The minimum absolute atomic E-state index is 0.0628. The largest absolute Gasteiger partial charge is 0.373 e. The van der Waals surface area contributed by atoms with Crippen molar-refractivity contribution in [3.63, 3.8) is 0 Å². The van der Waals surface area contributed by atoms with Gasteiger partial charge in [0.15, 0.2) is 0 Å². The summed E-state index contributed by atoms with van der Waals surface area (Å²) in [7, 11) is 1.71. The van der Waals surface area contributed by atoms with Gasteiger partial charge in [0.2, 0.25) is 5.82 Å². The van der Waals surface area contributed by atoms with Crippen LogP contribution < -0.4 is 10.6 Å². The van der Waals surface area contributed by atoms with E-state index in [0.717, 1.165) is 21.3 Å². The Kier molecular flexibility index (Phi) is 4.42. The number of aryl methyl sites for hydroxylation is 2. The predicted molar refractivity (Wildman–Crippen MR) is 87.3 cm³/mol. The highest BCUT2D eigenvalue weighted by molar-refractivity contribution is 9.10. The molecule has 2 aromatic rings. The molecular weight excluding hydrogens is 336 g/mol. The highest BCUT2D eigenvalue weighted by Gasteiger charge is 2.16. The molecule has 0 amide bonds. The van der Waals surface area contributed by atoms with Crippen molar-refractivity contribution < 1.29 is 4.92 Å². The van der Waals surface area contributed by atoms with Crippen molar-refractivity contribution in [2.75, 3.05) is 17.7 Å². The van der Waals surface area contributed by atoms with Crippen LogP contribution >= 0.6 is 15.9 Å². The molecule has 0 aliphatic rings. The highest BCUT2D eigenvalue weighted by Crippen LogP contribution is 2.30. The zero-order valence-electron chi connectivity index (χ0n) is 11.9. The van der Waals surface area contributed by atoms with E-state index < -0.39 is 4.92 Å². The second kappa shape index (κ2) is 6.09. The summed E-state index contributed by atoms with van der Waals surface area (Å²) in [4.78, 5) is 14.9.